The van der Waals surface area contributed by atoms with Crippen molar-refractivity contribution < 1.29 is 23.5 Å². The second kappa shape index (κ2) is 11.1. The van der Waals surface area contributed by atoms with Crippen molar-refractivity contribution in [1.82, 2.24) is 19.9 Å². The van der Waals surface area contributed by atoms with Crippen LogP contribution in [0.1, 0.15) is 22.7 Å². The Hall–Kier alpha value is -5.25. The highest BCUT2D eigenvalue weighted by molar-refractivity contribution is 5.98. The number of hydrogen-bond acceptors (Lipinski definition) is 6. The van der Waals surface area contributed by atoms with Crippen molar-refractivity contribution in [2.45, 2.75) is 26.1 Å². The highest BCUT2D eigenvalue weighted by Gasteiger charge is 2.33. The number of carbonyl (C=O) groups excluding carboxylic acids is 2. The maximum absolute atomic E-state index is 14.1. The van der Waals surface area contributed by atoms with Gasteiger partial charge in [-0.3, -0.25) is 9.59 Å². The second-order valence-electron chi connectivity index (χ2n) is 9.70. The molecule has 5 aromatic rings. The van der Waals surface area contributed by atoms with Gasteiger partial charge in [-0.25, -0.2) is 9.07 Å². The van der Waals surface area contributed by atoms with Crippen LogP contribution in [0.15, 0.2) is 91.0 Å². The second-order valence-corrected chi connectivity index (χ2v) is 9.70. The number of nitrogens with zero attached hydrogens (tertiary/aromatic N) is 4. The number of carbonyl (C=O) groups is 2. The molecule has 0 radical (unpaired) electrons. The zero-order valence-corrected chi connectivity index (χ0v) is 22.2. The number of aryl methyl sites for hydroxylation is 1. The molecule has 1 N–H and O–H groups in total. The number of benzene rings is 4. The summed E-state index contributed by atoms with van der Waals surface area (Å²) >= 11 is 0. The molecule has 206 valence electrons. The van der Waals surface area contributed by atoms with Gasteiger partial charge in [0.15, 0.2) is 11.5 Å². The molecule has 0 saturated heterocycles. The molecule has 0 fully saturated rings. The lowest BCUT2D eigenvalue weighted by atomic mass is 10.0. The first-order valence-corrected chi connectivity index (χ1v) is 13.0. The number of nitrogens with one attached hydrogen (secondary N) is 1. The van der Waals surface area contributed by atoms with Crippen molar-refractivity contribution in [3.8, 4) is 11.5 Å². The van der Waals surface area contributed by atoms with Crippen LogP contribution in [-0.2, 0) is 22.7 Å². The summed E-state index contributed by atoms with van der Waals surface area (Å²) in [4.78, 5) is 29.6. The fourth-order valence-electron chi connectivity index (χ4n) is 4.85. The molecule has 0 bridgehead atoms. The average Bonchev–Trinajstić information content (AvgIpc) is 3.61. The molecule has 0 saturated carbocycles. The Morgan fingerprint density at radius 2 is 1.73 bits per heavy atom. The summed E-state index contributed by atoms with van der Waals surface area (Å²) in [7, 11) is 0. The topological polar surface area (TPSA) is 98.6 Å². The zero-order chi connectivity index (χ0) is 28.3. The van der Waals surface area contributed by atoms with Crippen LogP contribution in [-0.4, -0.2) is 38.5 Å². The number of fused-ring (bicyclic) bond motifs is 2. The predicted molar refractivity (Wildman–Crippen MR) is 150 cm³/mol. The Bertz CT molecular complexity index is 1740. The van der Waals surface area contributed by atoms with Crippen LogP contribution in [0.3, 0.4) is 0 Å². The average molecular weight is 552 g/mol. The van der Waals surface area contributed by atoms with Crippen LogP contribution >= 0.6 is 0 Å². The number of rotatable bonds is 8. The van der Waals surface area contributed by atoms with Gasteiger partial charge >= 0.3 is 0 Å². The van der Waals surface area contributed by atoms with E-state index in [1.807, 2.05) is 55.5 Å². The lowest BCUT2D eigenvalue weighted by molar-refractivity contribution is -0.140. The molecule has 1 atom stereocenters. The Kier molecular flexibility index (Phi) is 7.03. The fraction of sp³-hybridized carbons (Fsp3) is 0.161. The third-order valence-electron chi connectivity index (χ3n) is 7.01. The normalized spacial score (nSPS) is 12.7. The summed E-state index contributed by atoms with van der Waals surface area (Å²) in [5.74, 6) is -0.198. The van der Waals surface area contributed by atoms with E-state index in [2.05, 4.69) is 15.6 Å². The van der Waals surface area contributed by atoms with Gasteiger partial charge in [0.1, 0.15) is 23.9 Å². The van der Waals surface area contributed by atoms with E-state index in [-0.39, 0.29) is 25.8 Å². The minimum absolute atomic E-state index is 0.0978. The summed E-state index contributed by atoms with van der Waals surface area (Å²) in [6, 6.07) is 24.5. The summed E-state index contributed by atoms with van der Waals surface area (Å²) in [5, 5.41) is 11.2. The number of amides is 2. The molecule has 10 heteroatoms. The van der Waals surface area contributed by atoms with Gasteiger partial charge in [0.2, 0.25) is 12.7 Å². The third kappa shape index (κ3) is 5.44. The van der Waals surface area contributed by atoms with E-state index in [4.69, 9.17) is 9.47 Å². The van der Waals surface area contributed by atoms with Crippen molar-refractivity contribution in [2.24, 2.45) is 0 Å². The van der Waals surface area contributed by atoms with Crippen molar-refractivity contribution in [3.63, 3.8) is 0 Å². The van der Waals surface area contributed by atoms with E-state index in [1.165, 1.54) is 33.8 Å². The molecule has 1 aliphatic heterocycles. The minimum atomic E-state index is -1.09. The first-order chi connectivity index (χ1) is 20.0. The molecule has 41 heavy (non-hydrogen) atoms. The summed E-state index contributed by atoms with van der Waals surface area (Å²) in [6.07, 6.45) is 0. The van der Waals surface area contributed by atoms with Gasteiger partial charge in [-0.15, -0.1) is 5.10 Å². The Morgan fingerprint density at radius 3 is 2.56 bits per heavy atom. The fourth-order valence-corrected chi connectivity index (χ4v) is 4.85. The molecule has 0 unspecified atom stereocenters. The van der Waals surface area contributed by atoms with Crippen LogP contribution in [0.2, 0.25) is 0 Å². The predicted octanol–water partition coefficient (Wildman–Crippen LogP) is 5.02. The summed E-state index contributed by atoms with van der Waals surface area (Å²) < 4.78 is 26.3. The Labute approximate surface area is 235 Å². The lowest BCUT2D eigenvalue weighted by Gasteiger charge is -2.32. The van der Waals surface area contributed by atoms with Crippen molar-refractivity contribution in [2.75, 3.05) is 12.1 Å². The smallest absolute Gasteiger partial charge is 0.251 e. The molecule has 6 rings (SSSR count). The zero-order valence-electron chi connectivity index (χ0n) is 22.2. The van der Waals surface area contributed by atoms with Crippen LogP contribution in [0, 0.1) is 12.7 Å². The van der Waals surface area contributed by atoms with Crippen molar-refractivity contribution in [1.29, 1.82) is 0 Å². The van der Waals surface area contributed by atoms with Gasteiger partial charge in [0.25, 0.3) is 5.91 Å². The lowest BCUT2D eigenvalue weighted by Crippen LogP contribution is -2.42. The highest BCUT2D eigenvalue weighted by atomic mass is 19.1. The van der Waals surface area contributed by atoms with Crippen molar-refractivity contribution in [3.05, 3.63) is 114 Å². The minimum Gasteiger partial charge on any atom is -0.454 e. The molecule has 1 aliphatic rings. The number of anilines is 1. The van der Waals surface area contributed by atoms with Gasteiger partial charge in [0.05, 0.1) is 5.52 Å². The summed E-state index contributed by atoms with van der Waals surface area (Å²) in [6.45, 7) is 2.03. The van der Waals surface area contributed by atoms with E-state index in [9.17, 15) is 14.0 Å². The molecule has 9 nitrogen and oxygen atoms in total. The highest BCUT2D eigenvalue weighted by Crippen LogP contribution is 2.35. The standard InChI is InChI=1S/C31H26FN5O4/c1-20-6-2-3-7-22(20)17-36(29(38)18-37-26-9-5-4-8-25(26)34-35-37)30(21-10-12-23(32)13-11-21)31(39)33-24-14-15-27-28(16-24)41-19-40-27/h2-16,30H,17-19H2,1H3,(H,33,39)/t30-/m1/s1. The molecule has 4 aromatic carbocycles. The molecule has 1 aromatic heterocycles. The number of halogens is 1. The van der Waals surface area contributed by atoms with Gasteiger partial charge < -0.3 is 19.7 Å². The van der Waals surface area contributed by atoms with Crippen LogP contribution in [0.25, 0.3) is 11.0 Å². The van der Waals surface area contributed by atoms with Gasteiger partial charge in [0, 0.05) is 18.3 Å². The SMILES string of the molecule is Cc1ccccc1CN(C(=O)Cn1nnc2ccccc21)[C@@H](C(=O)Nc1ccc2c(c1)OCO2)c1ccc(F)cc1. The van der Waals surface area contributed by atoms with E-state index < -0.39 is 17.8 Å². The van der Waals surface area contributed by atoms with Crippen molar-refractivity contribution >= 4 is 28.5 Å². The van der Waals surface area contributed by atoms with Crippen LogP contribution in [0.5, 0.6) is 11.5 Å². The maximum atomic E-state index is 14.1. The number of aromatic nitrogens is 3. The summed E-state index contributed by atoms with van der Waals surface area (Å²) in [5.41, 5.74) is 4.10. The third-order valence-corrected chi connectivity index (χ3v) is 7.01. The van der Waals surface area contributed by atoms with E-state index in [1.54, 1.807) is 18.2 Å². The largest absolute Gasteiger partial charge is 0.454 e. The van der Waals surface area contributed by atoms with E-state index in [0.717, 1.165) is 11.1 Å². The Balaban J connectivity index is 1.39. The van der Waals surface area contributed by atoms with Crippen LogP contribution < -0.4 is 14.8 Å². The molecule has 2 heterocycles. The monoisotopic (exact) mass is 551 g/mol. The number of hydrogen-bond donors (Lipinski definition) is 1. The molecular weight excluding hydrogens is 525 g/mol. The van der Waals surface area contributed by atoms with Gasteiger partial charge in [-0.2, -0.15) is 0 Å². The van der Waals surface area contributed by atoms with Gasteiger partial charge in [-0.1, -0.05) is 53.7 Å². The van der Waals surface area contributed by atoms with E-state index in [0.29, 0.717) is 33.8 Å². The molecular formula is C31H26FN5O4. The van der Waals surface area contributed by atoms with Gasteiger partial charge in [-0.05, 0) is 60.0 Å². The Morgan fingerprint density at radius 1 is 0.976 bits per heavy atom. The molecule has 0 aliphatic carbocycles. The first-order valence-electron chi connectivity index (χ1n) is 13.0. The van der Waals surface area contributed by atoms with Crippen LogP contribution in [0.4, 0.5) is 10.1 Å². The van der Waals surface area contributed by atoms with E-state index >= 15 is 0 Å². The molecule has 0 spiro atoms. The number of para-hydroxylation sites is 1. The molecule has 2 amide bonds. The number of ether oxygens (including phenoxy) is 2. The quantitative estimate of drug-likeness (QED) is 0.291. The first kappa shape index (κ1) is 26.0. The maximum Gasteiger partial charge on any atom is 0.251 e.